The van der Waals surface area contributed by atoms with E-state index < -0.39 is 0 Å². The highest BCUT2D eigenvalue weighted by atomic mass is 16.7. The lowest BCUT2D eigenvalue weighted by Gasteiger charge is -2.09. The summed E-state index contributed by atoms with van der Waals surface area (Å²) in [6.45, 7) is 13.0. The van der Waals surface area contributed by atoms with Gasteiger partial charge in [0.15, 0.2) is 6.79 Å². The monoisotopic (exact) mass is 286 g/mol. The first-order valence-electron chi connectivity index (χ1n) is 7.43. The van der Waals surface area contributed by atoms with E-state index in [2.05, 4.69) is 39.1 Å². The molecule has 0 heterocycles. The molecule has 0 aliphatic carbocycles. The molecule has 1 atom stereocenters. The number of ether oxygens (including phenoxy) is 2. The molecule has 0 fully saturated rings. The number of rotatable bonds is 10. The summed E-state index contributed by atoms with van der Waals surface area (Å²) in [5.74, 6) is 1.08. The molecule has 0 aromatic heterocycles. The first-order valence-corrected chi connectivity index (χ1v) is 7.43. The summed E-state index contributed by atoms with van der Waals surface area (Å²) in [5.41, 5.74) is 2.35. The molecule has 1 aromatic rings. The van der Waals surface area contributed by atoms with Gasteiger partial charge in [-0.25, -0.2) is 0 Å². The van der Waals surface area contributed by atoms with Gasteiger partial charge >= 0.3 is 0 Å². The maximum atomic E-state index is 5.44. The Labute approximate surface area is 128 Å². The molecule has 114 valence electrons. The number of hydrogen-bond donors (Lipinski definition) is 0. The van der Waals surface area contributed by atoms with Crippen molar-refractivity contribution in [3.05, 3.63) is 72.5 Å². The van der Waals surface area contributed by atoms with Gasteiger partial charge in [0.2, 0.25) is 0 Å². The number of hydrogen-bond acceptors (Lipinski definition) is 2. The zero-order valence-corrected chi connectivity index (χ0v) is 13.2. The van der Waals surface area contributed by atoms with E-state index in [1.54, 1.807) is 0 Å². The van der Waals surface area contributed by atoms with Crippen molar-refractivity contribution in [2.45, 2.75) is 26.7 Å². The molecule has 1 unspecified atom stereocenters. The average molecular weight is 286 g/mol. The van der Waals surface area contributed by atoms with Crippen LogP contribution in [0.15, 0.2) is 67.0 Å². The van der Waals surface area contributed by atoms with Gasteiger partial charge in [-0.3, -0.25) is 0 Å². The van der Waals surface area contributed by atoms with Crippen LogP contribution in [-0.2, 0) is 15.9 Å². The molecule has 21 heavy (non-hydrogen) atoms. The van der Waals surface area contributed by atoms with Gasteiger partial charge in [0.1, 0.15) is 5.76 Å². The van der Waals surface area contributed by atoms with E-state index in [1.165, 1.54) is 5.56 Å². The van der Waals surface area contributed by atoms with E-state index in [1.807, 2.05) is 30.4 Å². The fourth-order valence-corrected chi connectivity index (χ4v) is 1.69. The van der Waals surface area contributed by atoms with Crippen LogP contribution in [-0.4, -0.2) is 13.4 Å². The summed E-state index contributed by atoms with van der Waals surface area (Å²) in [6, 6.07) is 10.3. The van der Waals surface area contributed by atoms with Gasteiger partial charge in [-0.05, 0) is 30.4 Å². The number of benzene rings is 1. The summed E-state index contributed by atoms with van der Waals surface area (Å²) < 4.78 is 10.8. The highest BCUT2D eigenvalue weighted by molar-refractivity contribution is 5.22. The Balaban J connectivity index is 2.13. The second-order valence-corrected chi connectivity index (χ2v) is 5.09. The molecular formula is C19H26O2. The van der Waals surface area contributed by atoms with Crippen molar-refractivity contribution >= 4 is 0 Å². The van der Waals surface area contributed by atoms with Gasteiger partial charge in [0.25, 0.3) is 0 Å². The first kappa shape index (κ1) is 17.3. The van der Waals surface area contributed by atoms with Crippen LogP contribution in [0.3, 0.4) is 0 Å². The molecule has 0 N–H and O–H groups in total. The second-order valence-electron chi connectivity index (χ2n) is 5.09. The predicted molar refractivity (Wildman–Crippen MR) is 88.9 cm³/mol. The van der Waals surface area contributed by atoms with Crippen LogP contribution in [0.25, 0.3) is 0 Å². The minimum atomic E-state index is 0.228. The molecule has 0 saturated heterocycles. The van der Waals surface area contributed by atoms with E-state index in [0.29, 0.717) is 18.3 Å². The average Bonchev–Trinajstić information content (AvgIpc) is 2.52. The van der Waals surface area contributed by atoms with Gasteiger partial charge in [-0.2, -0.15) is 0 Å². The van der Waals surface area contributed by atoms with Crippen LogP contribution < -0.4 is 0 Å². The molecule has 0 radical (unpaired) electrons. The third-order valence-corrected chi connectivity index (χ3v) is 3.43. The molecule has 0 saturated carbocycles. The zero-order valence-electron chi connectivity index (χ0n) is 13.2. The maximum Gasteiger partial charge on any atom is 0.189 e. The van der Waals surface area contributed by atoms with E-state index in [0.717, 1.165) is 18.4 Å². The van der Waals surface area contributed by atoms with Gasteiger partial charge in [0, 0.05) is 0 Å². The Kier molecular flexibility index (Phi) is 8.22. The third kappa shape index (κ3) is 7.52. The SMILES string of the molecule is C=C(C=CC(=C)C(C)CC)OCOCCc1ccccc1. The Morgan fingerprint density at radius 1 is 1.19 bits per heavy atom. The van der Waals surface area contributed by atoms with Crippen molar-refractivity contribution in [2.75, 3.05) is 13.4 Å². The molecule has 0 bridgehead atoms. The summed E-state index contributed by atoms with van der Waals surface area (Å²) >= 11 is 0. The van der Waals surface area contributed by atoms with Crippen LogP contribution in [0.5, 0.6) is 0 Å². The van der Waals surface area contributed by atoms with Crippen LogP contribution in [0, 0.1) is 5.92 Å². The smallest absolute Gasteiger partial charge is 0.189 e. The van der Waals surface area contributed by atoms with Crippen molar-refractivity contribution in [3.63, 3.8) is 0 Å². The largest absolute Gasteiger partial charge is 0.468 e. The topological polar surface area (TPSA) is 18.5 Å². The Bertz CT molecular complexity index is 460. The van der Waals surface area contributed by atoms with Crippen molar-refractivity contribution in [1.29, 1.82) is 0 Å². The number of allylic oxidation sites excluding steroid dienone is 3. The Hall–Kier alpha value is -1.80. The second kappa shape index (κ2) is 10.0. The molecule has 0 aliphatic rings. The molecule has 2 nitrogen and oxygen atoms in total. The van der Waals surface area contributed by atoms with E-state index in [4.69, 9.17) is 9.47 Å². The Morgan fingerprint density at radius 3 is 2.57 bits per heavy atom. The minimum Gasteiger partial charge on any atom is -0.468 e. The highest BCUT2D eigenvalue weighted by Gasteiger charge is 2.00. The lowest BCUT2D eigenvalue weighted by Crippen LogP contribution is -2.03. The van der Waals surface area contributed by atoms with Crippen LogP contribution >= 0.6 is 0 Å². The molecule has 1 rings (SSSR count). The molecule has 2 heteroatoms. The van der Waals surface area contributed by atoms with E-state index in [9.17, 15) is 0 Å². The van der Waals surface area contributed by atoms with Crippen molar-refractivity contribution < 1.29 is 9.47 Å². The molecule has 0 aliphatic heterocycles. The minimum absolute atomic E-state index is 0.228. The van der Waals surface area contributed by atoms with E-state index in [-0.39, 0.29) is 6.79 Å². The summed E-state index contributed by atoms with van der Waals surface area (Å²) in [6.07, 6.45) is 5.77. The molecular weight excluding hydrogens is 260 g/mol. The van der Waals surface area contributed by atoms with E-state index >= 15 is 0 Å². The van der Waals surface area contributed by atoms with Crippen molar-refractivity contribution in [1.82, 2.24) is 0 Å². The van der Waals surface area contributed by atoms with Gasteiger partial charge in [-0.15, -0.1) is 0 Å². The lowest BCUT2D eigenvalue weighted by molar-refractivity contribution is -0.0176. The summed E-state index contributed by atoms with van der Waals surface area (Å²) in [7, 11) is 0. The van der Waals surface area contributed by atoms with Crippen LogP contribution in [0.4, 0.5) is 0 Å². The predicted octanol–water partition coefficient (Wildman–Crippen LogP) is 4.89. The highest BCUT2D eigenvalue weighted by Crippen LogP contribution is 2.14. The maximum absolute atomic E-state index is 5.44. The quantitative estimate of drug-likeness (QED) is 0.264. The van der Waals surface area contributed by atoms with Crippen molar-refractivity contribution in [3.8, 4) is 0 Å². The van der Waals surface area contributed by atoms with Crippen LogP contribution in [0.1, 0.15) is 25.8 Å². The van der Waals surface area contributed by atoms with Gasteiger partial charge < -0.3 is 9.47 Å². The first-order chi connectivity index (χ1) is 10.1. The van der Waals surface area contributed by atoms with Gasteiger partial charge in [-0.1, -0.05) is 69.0 Å². The Morgan fingerprint density at radius 2 is 1.90 bits per heavy atom. The molecule has 0 amide bonds. The van der Waals surface area contributed by atoms with Crippen LogP contribution in [0.2, 0.25) is 0 Å². The zero-order chi connectivity index (χ0) is 15.5. The van der Waals surface area contributed by atoms with Crippen molar-refractivity contribution in [2.24, 2.45) is 5.92 Å². The van der Waals surface area contributed by atoms with Gasteiger partial charge in [0.05, 0.1) is 6.61 Å². The lowest BCUT2D eigenvalue weighted by atomic mass is 10.00. The molecule has 0 spiro atoms. The fraction of sp³-hybridized carbons (Fsp3) is 0.368. The fourth-order valence-electron chi connectivity index (χ4n) is 1.69. The molecule has 1 aromatic carbocycles. The third-order valence-electron chi connectivity index (χ3n) is 3.43. The summed E-state index contributed by atoms with van der Waals surface area (Å²) in [5, 5.41) is 0. The normalized spacial score (nSPS) is 12.3. The standard InChI is InChI=1S/C19H26O2/c1-5-16(2)17(3)11-12-18(4)21-15-20-14-13-19-9-7-6-8-10-19/h6-12,16H,3-5,13-15H2,1-2H3. The summed E-state index contributed by atoms with van der Waals surface area (Å²) in [4.78, 5) is 0.